The molecule has 1 N–H and O–H groups in total. The summed E-state index contributed by atoms with van der Waals surface area (Å²) in [6.45, 7) is 5.43. The third kappa shape index (κ3) is 2.26. The van der Waals surface area contributed by atoms with Crippen LogP contribution in [0.5, 0.6) is 0 Å². The second kappa shape index (κ2) is 4.59. The molecule has 0 bridgehead atoms. The zero-order chi connectivity index (χ0) is 11.7. The Morgan fingerprint density at radius 2 is 2.12 bits per heavy atom. The summed E-state index contributed by atoms with van der Waals surface area (Å²) in [4.78, 5) is 2.48. The molecule has 1 atom stereocenters. The van der Waals surface area contributed by atoms with Gasteiger partial charge in [0, 0.05) is 38.6 Å². The van der Waals surface area contributed by atoms with Crippen LogP contribution in [0.25, 0.3) is 6.08 Å². The molecule has 0 amide bonds. The number of piperazine rings is 1. The van der Waals surface area contributed by atoms with Crippen molar-refractivity contribution in [3.8, 4) is 0 Å². The lowest BCUT2D eigenvalue weighted by atomic mass is 10.00. The Balaban J connectivity index is 1.73. The number of hydrogen-bond donors (Lipinski definition) is 1. The third-order valence-electron chi connectivity index (χ3n) is 3.62. The zero-order valence-corrected chi connectivity index (χ0v) is 9.82. The van der Waals surface area contributed by atoms with Gasteiger partial charge in [-0.1, -0.05) is 18.2 Å². The molecule has 2 nitrogen and oxygen atoms in total. The molecular formula is C14H17FN2. The Morgan fingerprint density at radius 1 is 1.29 bits per heavy atom. The van der Waals surface area contributed by atoms with Crippen LogP contribution in [-0.2, 0) is 0 Å². The maximum Gasteiger partial charge on any atom is 0.123 e. The summed E-state index contributed by atoms with van der Waals surface area (Å²) >= 11 is 0. The van der Waals surface area contributed by atoms with Crippen molar-refractivity contribution in [1.29, 1.82) is 0 Å². The number of rotatable bonds is 2. The number of hydrogen-bond acceptors (Lipinski definition) is 2. The first-order valence-electron chi connectivity index (χ1n) is 6.24. The average Bonchev–Trinajstić information content (AvgIpc) is 2.73. The Morgan fingerprint density at radius 3 is 2.94 bits per heavy atom. The molecule has 1 aliphatic carbocycles. The van der Waals surface area contributed by atoms with Crippen molar-refractivity contribution < 1.29 is 4.39 Å². The topological polar surface area (TPSA) is 15.3 Å². The molecule has 3 rings (SSSR count). The minimum Gasteiger partial charge on any atom is -0.314 e. The average molecular weight is 232 g/mol. The first-order valence-corrected chi connectivity index (χ1v) is 6.24. The minimum absolute atomic E-state index is 0.142. The highest BCUT2D eigenvalue weighted by Gasteiger charge is 2.21. The van der Waals surface area contributed by atoms with Gasteiger partial charge in [0.2, 0.25) is 0 Å². The SMILES string of the molecule is Fc1ccc2c(c1)C=CC2CN1CCNCC1. The van der Waals surface area contributed by atoms with Crippen LogP contribution >= 0.6 is 0 Å². The fourth-order valence-corrected chi connectivity index (χ4v) is 2.68. The highest BCUT2D eigenvalue weighted by atomic mass is 19.1. The Hall–Kier alpha value is -1.19. The van der Waals surface area contributed by atoms with Gasteiger partial charge in [-0.2, -0.15) is 0 Å². The molecule has 1 aliphatic heterocycles. The van der Waals surface area contributed by atoms with E-state index >= 15 is 0 Å². The Bertz CT molecular complexity index is 436. The minimum atomic E-state index is -0.142. The van der Waals surface area contributed by atoms with Crippen LogP contribution in [0.4, 0.5) is 4.39 Å². The smallest absolute Gasteiger partial charge is 0.123 e. The lowest BCUT2D eigenvalue weighted by Crippen LogP contribution is -2.44. The second-order valence-corrected chi connectivity index (χ2v) is 4.79. The summed E-state index contributed by atoms with van der Waals surface area (Å²) in [6.07, 6.45) is 4.25. The Labute approximate surface area is 101 Å². The molecule has 0 spiro atoms. The maximum atomic E-state index is 13.1. The standard InChI is InChI=1S/C14H17FN2/c15-13-3-4-14-11(9-13)1-2-12(14)10-17-7-5-16-6-8-17/h1-4,9,12,16H,5-8,10H2. The Kier molecular flexibility index (Phi) is 2.95. The predicted molar refractivity (Wildman–Crippen MR) is 67.5 cm³/mol. The molecule has 0 saturated carbocycles. The molecule has 90 valence electrons. The highest BCUT2D eigenvalue weighted by Crippen LogP contribution is 2.31. The van der Waals surface area contributed by atoms with Crippen molar-refractivity contribution >= 4 is 6.08 Å². The normalized spacial score (nSPS) is 23.9. The van der Waals surface area contributed by atoms with Gasteiger partial charge in [0.05, 0.1) is 0 Å². The second-order valence-electron chi connectivity index (χ2n) is 4.79. The predicted octanol–water partition coefficient (Wildman–Crippen LogP) is 1.84. The highest BCUT2D eigenvalue weighted by molar-refractivity contribution is 5.62. The summed E-state index contributed by atoms with van der Waals surface area (Å²) in [5.74, 6) is 0.292. The van der Waals surface area contributed by atoms with Gasteiger partial charge in [-0.05, 0) is 23.3 Å². The van der Waals surface area contributed by atoms with Crippen molar-refractivity contribution in [2.75, 3.05) is 32.7 Å². The van der Waals surface area contributed by atoms with Crippen molar-refractivity contribution in [3.63, 3.8) is 0 Å². The zero-order valence-electron chi connectivity index (χ0n) is 9.82. The van der Waals surface area contributed by atoms with Gasteiger partial charge >= 0.3 is 0 Å². The number of nitrogens with zero attached hydrogens (tertiary/aromatic N) is 1. The van der Waals surface area contributed by atoms with E-state index in [-0.39, 0.29) is 5.82 Å². The van der Waals surface area contributed by atoms with E-state index in [9.17, 15) is 4.39 Å². The van der Waals surface area contributed by atoms with Crippen LogP contribution in [0.2, 0.25) is 0 Å². The van der Waals surface area contributed by atoms with Gasteiger partial charge in [-0.3, -0.25) is 4.90 Å². The van der Waals surface area contributed by atoms with Gasteiger partial charge in [-0.15, -0.1) is 0 Å². The molecule has 1 heterocycles. The number of benzene rings is 1. The van der Waals surface area contributed by atoms with Gasteiger partial charge in [-0.25, -0.2) is 4.39 Å². The summed E-state index contributed by atoms with van der Waals surface area (Å²) < 4.78 is 13.1. The van der Waals surface area contributed by atoms with Crippen LogP contribution < -0.4 is 5.32 Å². The van der Waals surface area contributed by atoms with Crippen LogP contribution in [0, 0.1) is 5.82 Å². The summed E-state index contributed by atoms with van der Waals surface area (Å²) in [5.41, 5.74) is 2.31. The van der Waals surface area contributed by atoms with Gasteiger partial charge in [0.25, 0.3) is 0 Å². The van der Waals surface area contributed by atoms with E-state index in [1.165, 1.54) is 5.56 Å². The quantitative estimate of drug-likeness (QED) is 0.837. The van der Waals surface area contributed by atoms with Crippen molar-refractivity contribution in [3.05, 3.63) is 41.2 Å². The van der Waals surface area contributed by atoms with Crippen LogP contribution in [0.3, 0.4) is 0 Å². The van der Waals surface area contributed by atoms with Gasteiger partial charge < -0.3 is 5.32 Å². The largest absolute Gasteiger partial charge is 0.314 e. The summed E-state index contributed by atoms with van der Waals surface area (Å²) in [6, 6.07) is 5.12. The molecule has 1 fully saturated rings. The third-order valence-corrected chi connectivity index (χ3v) is 3.62. The van der Waals surface area contributed by atoms with Crippen molar-refractivity contribution in [1.82, 2.24) is 10.2 Å². The maximum absolute atomic E-state index is 13.1. The molecule has 0 radical (unpaired) electrons. The molecule has 1 aromatic carbocycles. The summed E-state index contributed by atoms with van der Waals surface area (Å²) in [5, 5.41) is 3.36. The van der Waals surface area contributed by atoms with Crippen molar-refractivity contribution in [2.45, 2.75) is 5.92 Å². The van der Waals surface area contributed by atoms with Crippen LogP contribution in [0.15, 0.2) is 24.3 Å². The lowest BCUT2D eigenvalue weighted by Gasteiger charge is -2.29. The number of nitrogens with one attached hydrogen (secondary N) is 1. The molecule has 1 unspecified atom stereocenters. The fraction of sp³-hybridized carbons (Fsp3) is 0.429. The number of halogens is 1. The van der Waals surface area contributed by atoms with E-state index in [0.717, 1.165) is 38.3 Å². The summed E-state index contributed by atoms with van der Waals surface area (Å²) in [7, 11) is 0. The molecule has 17 heavy (non-hydrogen) atoms. The van der Waals surface area contributed by atoms with E-state index in [1.54, 1.807) is 12.1 Å². The van der Waals surface area contributed by atoms with E-state index in [0.29, 0.717) is 5.92 Å². The van der Waals surface area contributed by atoms with E-state index in [4.69, 9.17) is 0 Å². The first-order chi connectivity index (χ1) is 8.33. The molecular weight excluding hydrogens is 215 g/mol. The van der Waals surface area contributed by atoms with Crippen molar-refractivity contribution in [2.24, 2.45) is 0 Å². The molecule has 1 saturated heterocycles. The van der Waals surface area contributed by atoms with E-state index in [1.807, 2.05) is 12.1 Å². The molecule has 1 aromatic rings. The first kappa shape index (κ1) is 10.9. The van der Waals surface area contributed by atoms with Gasteiger partial charge in [0.15, 0.2) is 0 Å². The fourth-order valence-electron chi connectivity index (χ4n) is 2.68. The molecule has 2 aliphatic rings. The molecule has 0 aromatic heterocycles. The van der Waals surface area contributed by atoms with E-state index in [2.05, 4.69) is 16.3 Å². The lowest BCUT2D eigenvalue weighted by molar-refractivity contribution is 0.236. The van der Waals surface area contributed by atoms with Crippen LogP contribution in [0.1, 0.15) is 17.0 Å². The van der Waals surface area contributed by atoms with Gasteiger partial charge in [0.1, 0.15) is 5.82 Å². The monoisotopic (exact) mass is 232 g/mol. The number of fused-ring (bicyclic) bond motifs is 1. The van der Waals surface area contributed by atoms with Crippen LogP contribution in [-0.4, -0.2) is 37.6 Å². The molecule has 3 heteroatoms. The van der Waals surface area contributed by atoms with E-state index < -0.39 is 0 Å².